The van der Waals surface area contributed by atoms with Crippen molar-refractivity contribution in [3.8, 4) is 0 Å². The average molecular weight is 380 g/mol. The quantitative estimate of drug-likeness (QED) is 0.754. The van der Waals surface area contributed by atoms with Crippen molar-refractivity contribution in [3.63, 3.8) is 0 Å². The summed E-state index contributed by atoms with van der Waals surface area (Å²) in [5, 5.41) is 6.67. The fourth-order valence-electron chi connectivity index (χ4n) is 2.48. The van der Waals surface area contributed by atoms with Crippen molar-refractivity contribution in [2.24, 2.45) is 0 Å². The molecule has 0 aliphatic heterocycles. The Bertz CT molecular complexity index is 711. The molecular weight excluding hydrogens is 364 g/mol. The van der Waals surface area contributed by atoms with E-state index in [-0.39, 0.29) is 11.6 Å². The molecule has 5 heteroatoms. The van der Waals surface area contributed by atoms with Gasteiger partial charge in [-0.3, -0.25) is 0 Å². The summed E-state index contributed by atoms with van der Waals surface area (Å²) < 4.78 is 1.03. The van der Waals surface area contributed by atoms with Gasteiger partial charge in [0, 0.05) is 15.2 Å². The zero-order valence-corrected chi connectivity index (χ0v) is 14.5. The highest BCUT2D eigenvalue weighted by molar-refractivity contribution is 9.10. The minimum atomic E-state index is -0.251. The van der Waals surface area contributed by atoms with E-state index in [0.29, 0.717) is 5.02 Å². The van der Waals surface area contributed by atoms with Crippen molar-refractivity contribution in [2.45, 2.75) is 25.3 Å². The zero-order valence-electron chi connectivity index (χ0n) is 12.1. The van der Waals surface area contributed by atoms with E-state index < -0.39 is 0 Å². The molecule has 2 aromatic carbocycles. The van der Waals surface area contributed by atoms with Crippen LogP contribution in [0, 0.1) is 6.92 Å². The van der Waals surface area contributed by atoms with Crippen LogP contribution in [0.4, 0.5) is 10.5 Å². The molecule has 1 fully saturated rings. The van der Waals surface area contributed by atoms with Gasteiger partial charge in [-0.15, -0.1) is 0 Å². The number of nitrogens with one attached hydrogen (secondary N) is 2. The second-order valence-corrected chi connectivity index (χ2v) is 6.92. The molecule has 0 aromatic heterocycles. The number of anilines is 1. The molecule has 2 aromatic rings. The van der Waals surface area contributed by atoms with E-state index in [1.54, 1.807) is 0 Å². The van der Waals surface area contributed by atoms with Gasteiger partial charge in [-0.25, -0.2) is 4.79 Å². The molecule has 1 saturated carbocycles. The predicted octanol–water partition coefficient (Wildman–Crippen LogP) is 5.22. The standard InChI is InChI=1S/C17H16BrClN2O/c1-11-10-14(6-7-15(11)18)20-16(22)21-17(8-9-17)12-2-4-13(19)5-3-12/h2-7,10H,8-9H2,1H3,(H2,20,21,22). The lowest BCUT2D eigenvalue weighted by atomic mass is 10.1. The van der Waals surface area contributed by atoms with Crippen molar-refractivity contribution >= 4 is 39.2 Å². The number of benzene rings is 2. The lowest BCUT2D eigenvalue weighted by molar-refractivity contribution is 0.247. The number of amides is 2. The first kappa shape index (κ1) is 15.4. The van der Waals surface area contributed by atoms with E-state index in [2.05, 4.69) is 26.6 Å². The van der Waals surface area contributed by atoms with Crippen LogP contribution < -0.4 is 10.6 Å². The maximum absolute atomic E-state index is 12.2. The molecule has 1 aliphatic carbocycles. The first-order valence-electron chi connectivity index (χ1n) is 7.10. The topological polar surface area (TPSA) is 41.1 Å². The van der Waals surface area contributed by atoms with Gasteiger partial charge in [0.2, 0.25) is 0 Å². The van der Waals surface area contributed by atoms with E-state index in [1.165, 1.54) is 0 Å². The molecule has 0 saturated heterocycles. The highest BCUT2D eigenvalue weighted by Crippen LogP contribution is 2.45. The molecule has 0 heterocycles. The third-order valence-electron chi connectivity index (χ3n) is 3.92. The number of urea groups is 1. The van der Waals surface area contributed by atoms with Gasteiger partial charge < -0.3 is 10.6 Å². The lowest BCUT2D eigenvalue weighted by Gasteiger charge is -2.18. The van der Waals surface area contributed by atoms with E-state index in [9.17, 15) is 4.79 Å². The van der Waals surface area contributed by atoms with Crippen molar-refractivity contribution < 1.29 is 4.79 Å². The summed E-state index contributed by atoms with van der Waals surface area (Å²) in [6.45, 7) is 1.99. The predicted molar refractivity (Wildman–Crippen MR) is 93.4 cm³/mol. The Labute approximate surface area is 143 Å². The maximum Gasteiger partial charge on any atom is 0.319 e. The molecule has 114 valence electrons. The van der Waals surface area contributed by atoms with E-state index in [4.69, 9.17) is 11.6 Å². The van der Waals surface area contributed by atoms with Gasteiger partial charge in [-0.1, -0.05) is 39.7 Å². The van der Waals surface area contributed by atoms with Gasteiger partial charge in [0.25, 0.3) is 0 Å². The van der Waals surface area contributed by atoms with Crippen LogP contribution in [0.5, 0.6) is 0 Å². The molecule has 3 nitrogen and oxygen atoms in total. The van der Waals surface area contributed by atoms with Crippen molar-refractivity contribution in [1.29, 1.82) is 0 Å². The van der Waals surface area contributed by atoms with Crippen LogP contribution in [-0.4, -0.2) is 6.03 Å². The monoisotopic (exact) mass is 378 g/mol. The normalized spacial score (nSPS) is 15.2. The van der Waals surface area contributed by atoms with Gasteiger partial charge in [-0.2, -0.15) is 0 Å². The van der Waals surface area contributed by atoms with Gasteiger partial charge in [-0.05, 0) is 61.2 Å². The van der Waals surface area contributed by atoms with Crippen molar-refractivity contribution in [2.75, 3.05) is 5.32 Å². The molecular formula is C17H16BrClN2O. The summed E-state index contributed by atoms with van der Waals surface area (Å²) in [5.74, 6) is 0. The summed E-state index contributed by atoms with van der Waals surface area (Å²) >= 11 is 9.37. The Morgan fingerprint density at radius 1 is 1.18 bits per heavy atom. The number of halogens is 2. The second kappa shape index (κ2) is 5.94. The molecule has 2 N–H and O–H groups in total. The van der Waals surface area contributed by atoms with E-state index >= 15 is 0 Å². The van der Waals surface area contributed by atoms with Gasteiger partial charge in [0.05, 0.1) is 5.54 Å². The van der Waals surface area contributed by atoms with Crippen LogP contribution in [0.25, 0.3) is 0 Å². The summed E-state index contributed by atoms with van der Waals surface area (Å²) in [6.07, 6.45) is 1.89. The smallest absolute Gasteiger partial charge is 0.319 e. The Hall–Kier alpha value is -1.52. The Morgan fingerprint density at radius 3 is 2.45 bits per heavy atom. The molecule has 22 heavy (non-hydrogen) atoms. The summed E-state index contributed by atoms with van der Waals surface area (Å²) in [5.41, 5.74) is 2.71. The summed E-state index contributed by atoms with van der Waals surface area (Å²) in [6, 6.07) is 13.2. The Kier molecular flexibility index (Phi) is 4.15. The maximum atomic E-state index is 12.2. The Morgan fingerprint density at radius 2 is 1.86 bits per heavy atom. The average Bonchev–Trinajstić information content (AvgIpc) is 3.24. The van der Waals surface area contributed by atoms with Crippen molar-refractivity contribution in [3.05, 3.63) is 63.1 Å². The van der Waals surface area contributed by atoms with E-state index in [1.807, 2.05) is 49.4 Å². The van der Waals surface area contributed by atoms with Gasteiger partial charge in [0.15, 0.2) is 0 Å². The number of carbonyl (C=O) groups excluding carboxylic acids is 1. The summed E-state index contributed by atoms with van der Waals surface area (Å²) in [7, 11) is 0. The fraction of sp³-hybridized carbons (Fsp3) is 0.235. The Balaban J connectivity index is 1.68. The van der Waals surface area contributed by atoms with Crippen LogP contribution in [0.1, 0.15) is 24.0 Å². The van der Waals surface area contributed by atoms with Crippen LogP contribution in [0.2, 0.25) is 5.02 Å². The minimum Gasteiger partial charge on any atom is -0.328 e. The molecule has 0 unspecified atom stereocenters. The number of hydrogen-bond acceptors (Lipinski definition) is 1. The first-order chi connectivity index (χ1) is 10.5. The number of hydrogen-bond donors (Lipinski definition) is 2. The third-order valence-corrected chi connectivity index (χ3v) is 5.06. The molecule has 0 atom stereocenters. The zero-order chi connectivity index (χ0) is 15.7. The molecule has 0 spiro atoms. The van der Waals surface area contributed by atoms with Crippen molar-refractivity contribution in [1.82, 2.24) is 5.32 Å². The van der Waals surface area contributed by atoms with Crippen LogP contribution in [0.15, 0.2) is 46.9 Å². The minimum absolute atomic E-state index is 0.186. The number of aryl methyl sites for hydroxylation is 1. The highest BCUT2D eigenvalue weighted by Gasteiger charge is 2.45. The molecule has 1 aliphatic rings. The van der Waals surface area contributed by atoms with Gasteiger partial charge in [0.1, 0.15) is 0 Å². The fourth-order valence-corrected chi connectivity index (χ4v) is 2.85. The highest BCUT2D eigenvalue weighted by atomic mass is 79.9. The largest absolute Gasteiger partial charge is 0.328 e. The summed E-state index contributed by atoms with van der Waals surface area (Å²) in [4.78, 5) is 12.2. The molecule has 0 radical (unpaired) electrons. The van der Waals surface area contributed by atoms with Crippen LogP contribution in [0.3, 0.4) is 0 Å². The number of rotatable bonds is 3. The van der Waals surface area contributed by atoms with Crippen LogP contribution in [-0.2, 0) is 5.54 Å². The second-order valence-electron chi connectivity index (χ2n) is 5.63. The van der Waals surface area contributed by atoms with E-state index in [0.717, 1.165) is 34.1 Å². The SMILES string of the molecule is Cc1cc(NC(=O)NC2(c3ccc(Cl)cc3)CC2)ccc1Br. The molecule has 3 rings (SSSR count). The molecule has 0 bridgehead atoms. The number of carbonyl (C=O) groups is 1. The van der Waals surface area contributed by atoms with Crippen LogP contribution >= 0.6 is 27.5 Å². The van der Waals surface area contributed by atoms with Gasteiger partial charge >= 0.3 is 6.03 Å². The third kappa shape index (κ3) is 3.28. The first-order valence-corrected chi connectivity index (χ1v) is 8.27. The lowest BCUT2D eigenvalue weighted by Crippen LogP contribution is -2.38. The molecule has 2 amide bonds.